The quantitative estimate of drug-likeness (QED) is 0.506. The maximum atomic E-state index is 13.1. The number of hydrogen-bond donors (Lipinski definition) is 2. The van der Waals surface area contributed by atoms with Gasteiger partial charge in [-0.2, -0.15) is 4.31 Å². The molecule has 0 aliphatic carbocycles. The van der Waals surface area contributed by atoms with Crippen molar-refractivity contribution >= 4 is 31.6 Å². The number of piperidine rings is 1. The highest BCUT2D eigenvalue weighted by Crippen LogP contribution is 2.28. The Kier molecular flexibility index (Phi) is 7.73. The van der Waals surface area contributed by atoms with Crippen LogP contribution in [0.1, 0.15) is 29.9 Å². The molecule has 0 spiro atoms. The highest BCUT2D eigenvalue weighted by atomic mass is 32.2. The maximum Gasteiger partial charge on any atom is 0.248 e. The molecule has 180 valence electrons. The first-order valence-corrected chi connectivity index (χ1v) is 13.5. The summed E-state index contributed by atoms with van der Waals surface area (Å²) >= 11 is 0. The number of amides is 1. The zero-order valence-electron chi connectivity index (χ0n) is 18.6. The lowest BCUT2D eigenvalue weighted by Crippen LogP contribution is -2.43. The fourth-order valence-electron chi connectivity index (χ4n) is 3.73. The van der Waals surface area contributed by atoms with Crippen molar-refractivity contribution in [3.05, 3.63) is 53.9 Å². The molecule has 1 atom stereocenters. The molecule has 1 amide bonds. The molecule has 2 heterocycles. The summed E-state index contributed by atoms with van der Waals surface area (Å²) in [7, 11) is -7.30. The molecule has 3 rings (SSSR count). The topological polar surface area (TPSA) is 139 Å². The highest BCUT2D eigenvalue weighted by molar-refractivity contribution is 7.89. The number of carbonyl (C=O) groups excluding carboxylic acids is 1. The number of rotatable bonds is 9. The van der Waals surface area contributed by atoms with Crippen molar-refractivity contribution in [2.75, 3.05) is 25.0 Å². The van der Waals surface area contributed by atoms with Crippen LogP contribution in [0.15, 0.2) is 46.3 Å². The molecular formula is C21H28N4O6S2. The zero-order chi connectivity index (χ0) is 24.2. The average molecular weight is 497 g/mol. The summed E-state index contributed by atoms with van der Waals surface area (Å²) in [6.07, 6.45) is 2.57. The number of aromatic nitrogens is 1. The third kappa shape index (κ3) is 6.08. The zero-order valence-corrected chi connectivity index (χ0v) is 20.2. The molecule has 1 aromatic heterocycles. The van der Waals surface area contributed by atoms with E-state index in [1.54, 1.807) is 38.1 Å². The second-order valence-electron chi connectivity index (χ2n) is 7.94. The highest BCUT2D eigenvalue weighted by Gasteiger charge is 2.36. The second-order valence-corrected chi connectivity index (χ2v) is 11.6. The Balaban J connectivity index is 1.64. The van der Waals surface area contributed by atoms with E-state index < -0.39 is 26.0 Å². The Labute approximate surface area is 194 Å². The molecule has 0 bridgehead atoms. The molecule has 0 saturated carbocycles. The fourth-order valence-corrected chi connectivity index (χ4v) is 6.65. The van der Waals surface area contributed by atoms with E-state index >= 15 is 0 Å². The summed E-state index contributed by atoms with van der Waals surface area (Å²) in [4.78, 5) is 12.9. The van der Waals surface area contributed by atoms with E-state index in [2.05, 4.69) is 21.8 Å². The Hall–Kier alpha value is -2.54. The van der Waals surface area contributed by atoms with Gasteiger partial charge in [0.2, 0.25) is 26.0 Å². The first-order valence-electron chi connectivity index (χ1n) is 10.4. The van der Waals surface area contributed by atoms with Crippen molar-refractivity contribution < 1.29 is 26.2 Å². The molecule has 1 aliphatic heterocycles. The van der Waals surface area contributed by atoms with E-state index in [1.165, 1.54) is 10.4 Å². The third-order valence-electron chi connectivity index (χ3n) is 5.35. The number of nitrogens with one attached hydrogen (secondary N) is 2. The summed E-state index contributed by atoms with van der Waals surface area (Å²) in [6, 6.07) is 6.49. The molecule has 2 N–H and O–H groups in total. The van der Waals surface area contributed by atoms with Crippen LogP contribution >= 0.6 is 0 Å². The molecule has 1 fully saturated rings. The van der Waals surface area contributed by atoms with Gasteiger partial charge in [0.05, 0.1) is 11.7 Å². The van der Waals surface area contributed by atoms with Gasteiger partial charge in [-0.05, 0) is 44.4 Å². The van der Waals surface area contributed by atoms with Crippen molar-refractivity contribution in [3.63, 3.8) is 0 Å². The molecule has 33 heavy (non-hydrogen) atoms. The fraction of sp³-hybridized carbons (Fsp3) is 0.429. The van der Waals surface area contributed by atoms with Crippen LogP contribution in [0.3, 0.4) is 0 Å². The molecule has 1 aliphatic rings. The van der Waals surface area contributed by atoms with Gasteiger partial charge in [-0.15, -0.1) is 6.58 Å². The first-order chi connectivity index (χ1) is 15.5. The van der Waals surface area contributed by atoms with Crippen LogP contribution in [0.2, 0.25) is 0 Å². The van der Waals surface area contributed by atoms with Crippen LogP contribution < -0.4 is 10.0 Å². The van der Waals surface area contributed by atoms with Crippen LogP contribution in [0, 0.1) is 19.8 Å². The van der Waals surface area contributed by atoms with Gasteiger partial charge < -0.3 is 9.84 Å². The first kappa shape index (κ1) is 25.1. The van der Waals surface area contributed by atoms with Crippen molar-refractivity contribution in [1.29, 1.82) is 0 Å². The Bertz CT molecular complexity index is 1200. The van der Waals surface area contributed by atoms with Gasteiger partial charge in [-0.3, -0.25) is 4.79 Å². The van der Waals surface area contributed by atoms with Gasteiger partial charge >= 0.3 is 0 Å². The predicted octanol–water partition coefficient (Wildman–Crippen LogP) is 1.94. The van der Waals surface area contributed by atoms with E-state index in [9.17, 15) is 21.6 Å². The third-order valence-corrected chi connectivity index (χ3v) is 8.78. The standard InChI is InChI=1S/C21H28N4O6S2/c1-4-11-22-32(27,28)14-17-7-9-19(10-8-17)23-21(26)18-6-5-12-25(13-18)33(29,30)20-15(2)24-31-16(20)3/h4,7-10,18,22H,1,5-6,11-14H2,2-3H3,(H,23,26). The van der Waals surface area contributed by atoms with E-state index in [0.717, 1.165) is 0 Å². The van der Waals surface area contributed by atoms with Gasteiger partial charge in [0.25, 0.3) is 0 Å². The molecule has 10 nitrogen and oxygen atoms in total. The monoisotopic (exact) mass is 496 g/mol. The van der Waals surface area contributed by atoms with Gasteiger partial charge in [0, 0.05) is 25.3 Å². The molecule has 2 aromatic rings. The summed E-state index contributed by atoms with van der Waals surface area (Å²) in [5.41, 5.74) is 1.37. The average Bonchev–Trinajstić information content (AvgIpc) is 3.12. The summed E-state index contributed by atoms with van der Waals surface area (Å²) < 4.78 is 58.8. The van der Waals surface area contributed by atoms with E-state index in [-0.39, 0.29) is 35.4 Å². The van der Waals surface area contributed by atoms with E-state index in [4.69, 9.17) is 4.52 Å². The smallest absolute Gasteiger partial charge is 0.248 e. The summed E-state index contributed by atoms with van der Waals surface area (Å²) in [6.45, 7) is 7.13. The number of carbonyl (C=O) groups is 1. The van der Waals surface area contributed by atoms with Crippen molar-refractivity contribution in [2.24, 2.45) is 5.92 Å². The molecule has 12 heteroatoms. The molecule has 1 aromatic carbocycles. The van der Waals surface area contributed by atoms with Crippen LogP contribution in [-0.4, -0.2) is 51.8 Å². The lowest BCUT2D eigenvalue weighted by molar-refractivity contribution is -0.120. The maximum absolute atomic E-state index is 13.1. The number of anilines is 1. The largest absolute Gasteiger partial charge is 0.360 e. The van der Waals surface area contributed by atoms with Crippen molar-refractivity contribution in [2.45, 2.75) is 37.3 Å². The van der Waals surface area contributed by atoms with Gasteiger partial charge in [0.15, 0.2) is 5.76 Å². The number of sulfonamides is 2. The normalized spacial score (nSPS) is 17.6. The SMILES string of the molecule is C=CCNS(=O)(=O)Cc1ccc(NC(=O)C2CCCN(S(=O)(=O)c3c(C)noc3C)C2)cc1. The van der Waals surface area contributed by atoms with Gasteiger partial charge in [-0.1, -0.05) is 23.4 Å². The van der Waals surface area contributed by atoms with Crippen molar-refractivity contribution in [1.82, 2.24) is 14.2 Å². The van der Waals surface area contributed by atoms with Gasteiger partial charge in [0.1, 0.15) is 10.6 Å². The Morgan fingerprint density at radius 2 is 1.94 bits per heavy atom. The van der Waals surface area contributed by atoms with E-state index in [1.807, 2.05) is 0 Å². The van der Waals surface area contributed by atoms with E-state index in [0.29, 0.717) is 36.3 Å². The number of nitrogens with zero attached hydrogens (tertiary/aromatic N) is 2. The molecular weight excluding hydrogens is 468 g/mol. The van der Waals surface area contributed by atoms with Crippen molar-refractivity contribution in [3.8, 4) is 0 Å². The number of hydrogen-bond acceptors (Lipinski definition) is 7. The minimum Gasteiger partial charge on any atom is -0.360 e. The lowest BCUT2D eigenvalue weighted by atomic mass is 9.98. The number of benzene rings is 1. The van der Waals surface area contributed by atoms with Crippen LogP contribution in [0.25, 0.3) is 0 Å². The van der Waals surface area contributed by atoms with Crippen LogP contribution in [0.5, 0.6) is 0 Å². The molecule has 1 saturated heterocycles. The predicted molar refractivity (Wildman–Crippen MR) is 123 cm³/mol. The summed E-state index contributed by atoms with van der Waals surface area (Å²) in [5.74, 6) is -0.772. The lowest BCUT2D eigenvalue weighted by Gasteiger charge is -2.31. The minimum atomic E-state index is -3.82. The van der Waals surface area contributed by atoms with Crippen LogP contribution in [0.4, 0.5) is 5.69 Å². The molecule has 0 radical (unpaired) electrons. The van der Waals surface area contributed by atoms with Crippen LogP contribution in [-0.2, 0) is 30.6 Å². The Morgan fingerprint density at radius 1 is 1.24 bits per heavy atom. The second kappa shape index (κ2) is 10.2. The number of aryl methyl sites for hydroxylation is 2. The Morgan fingerprint density at radius 3 is 2.55 bits per heavy atom. The summed E-state index contributed by atoms with van der Waals surface area (Å²) in [5, 5.41) is 6.52. The molecule has 1 unspecified atom stereocenters. The van der Waals surface area contributed by atoms with Gasteiger partial charge in [-0.25, -0.2) is 21.6 Å². The minimum absolute atomic E-state index is 0.0525.